The van der Waals surface area contributed by atoms with Gasteiger partial charge in [-0.05, 0) is 29.8 Å². The van der Waals surface area contributed by atoms with E-state index in [2.05, 4.69) is 15.9 Å². The van der Waals surface area contributed by atoms with Gasteiger partial charge < -0.3 is 10.5 Å². The van der Waals surface area contributed by atoms with Gasteiger partial charge in [-0.1, -0.05) is 18.1 Å². The van der Waals surface area contributed by atoms with E-state index in [0.29, 0.717) is 5.82 Å². The zero-order valence-electron chi connectivity index (χ0n) is 11.5. The number of methoxy groups -OCH3 is 1. The maximum atomic E-state index is 5.93. The molecule has 2 aromatic carbocycles. The Morgan fingerprint density at radius 3 is 2.81 bits per heavy atom. The van der Waals surface area contributed by atoms with E-state index in [0.717, 1.165) is 33.3 Å². The highest BCUT2D eigenvalue weighted by atomic mass is 16.5. The Morgan fingerprint density at radius 2 is 2.05 bits per heavy atom. The summed E-state index contributed by atoms with van der Waals surface area (Å²) in [5.41, 5.74) is 9.27. The normalized spacial score (nSPS) is 10.3. The smallest absolute Gasteiger partial charge is 0.134 e. The van der Waals surface area contributed by atoms with E-state index < -0.39 is 0 Å². The molecule has 4 nitrogen and oxygen atoms in total. The van der Waals surface area contributed by atoms with Crippen molar-refractivity contribution in [2.24, 2.45) is 0 Å². The number of rotatable bonds is 2. The van der Waals surface area contributed by atoms with E-state index >= 15 is 0 Å². The van der Waals surface area contributed by atoms with Crippen molar-refractivity contribution in [3.8, 4) is 29.2 Å². The molecule has 4 heteroatoms. The summed E-state index contributed by atoms with van der Waals surface area (Å²) < 4.78 is 5.47. The zero-order valence-corrected chi connectivity index (χ0v) is 11.5. The number of ether oxygens (including phenoxy) is 1. The van der Waals surface area contributed by atoms with Crippen molar-refractivity contribution in [3.63, 3.8) is 0 Å². The highest BCUT2D eigenvalue weighted by molar-refractivity contribution is 6.01. The number of fused-ring (bicyclic) bond motifs is 1. The largest absolute Gasteiger partial charge is 0.496 e. The lowest BCUT2D eigenvalue weighted by Crippen LogP contribution is -1.97. The predicted octanol–water partition coefficient (Wildman–Crippen LogP) is 2.87. The minimum atomic E-state index is 0.442. The number of terminal acetylenes is 1. The van der Waals surface area contributed by atoms with E-state index in [9.17, 15) is 0 Å². The van der Waals surface area contributed by atoms with E-state index in [1.165, 1.54) is 6.33 Å². The number of aromatic nitrogens is 2. The lowest BCUT2D eigenvalue weighted by Gasteiger charge is -2.12. The number of nitrogen functional groups attached to an aromatic ring is 1. The molecule has 1 aromatic heterocycles. The molecule has 3 aromatic rings. The molecule has 0 fully saturated rings. The summed E-state index contributed by atoms with van der Waals surface area (Å²) in [5, 5.41) is 0.791. The predicted molar refractivity (Wildman–Crippen MR) is 83.9 cm³/mol. The van der Waals surface area contributed by atoms with Gasteiger partial charge in [0.15, 0.2) is 0 Å². The molecule has 102 valence electrons. The Kier molecular flexibility index (Phi) is 3.17. The van der Waals surface area contributed by atoms with Crippen molar-refractivity contribution in [1.29, 1.82) is 0 Å². The van der Waals surface area contributed by atoms with Crippen LogP contribution < -0.4 is 10.5 Å². The van der Waals surface area contributed by atoms with Crippen molar-refractivity contribution in [2.75, 3.05) is 12.8 Å². The quantitative estimate of drug-likeness (QED) is 0.730. The van der Waals surface area contributed by atoms with Gasteiger partial charge in [0, 0.05) is 10.9 Å². The number of hydrogen-bond donors (Lipinski definition) is 1. The second kappa shape index (κ2) is 5.14. The molecule has 2 N–H and O–H groups in total. The molecule has 0 spiro atoms. The molecule has 1 heterocycles. The average Bonchev–Trinajstić information content (AvgIpc) is 2.54. The van der Waals surface area contributed by atoms with E-state index in [4.69, 9.17) is 16.9 Å². The molecule has 0 aliphatic carbocycles. The SMILES string of the molecule is C#Cc1cccc(-c2c(OC)ccc3c(N)ncnc23)c1. The van der Waals surface area contributed by atoms with Crippen LogP contribution in [-0.2, 0) is 0 Å². The van der Waals surface area contributed by atoms with Gasteiger partial charge in [0.05, 0.1) is 18.2 Å². The van der Waals surface area contributed by atoms with Gasteiger partial charge in [0.1, 0.15) is 17.9 Å². The fourth-order valence-corrected chi connectivity index (χ4v) is 2.35. The van der Waals surface area contributed by atoms with Gasteiger partial charge >= 0.3 is 0 Å². The number of nitrogens with zero attached hydrogens (tertiary/aromatic N) is 2. The van der Waals surface area contributed by atoms with Gasteiger partial charge in [-0.15, -0.1) is 6.42 Å². The molecular weight excluding hydrogens is 262 g/mol. The topological polar surface area (TPSA) is 61.0 Å². The van der Waals surface area contributed by atoms with Crippen LogP contribution in [0.1, 0.15) is 5.56 Å². The summed E-state index contributed by atoms with van der Waals surface area (Å²) in [6.07, 6.45) is 6.93. The Hall–Kier alpha value is -3.06. The highest BCUT2D eigenvalue weighted by Crippen LogP contribution is 2.37. The van der Waals surface area contributed by atoms with Crippen molar-refractivity contribution >= 4 is 16.7 Å². The first-order valence-electron chi connectivity index (χ1n) is 6.39. The first-order chi connectivity index (χ1) is 10.2. The van der Waals surface area contributed by atoms with Crippen molar-refractivity contribution in [3.05, 3.63) is 48.3 Å². The van der Waals surface area contributed by atoms with Crippen molar-refractivity contribution in [2.45, 2.75) is 0 Å². The molecule has 0 unspecified atom stereocenters. The fourth-order valence-electron chi connectivity index (χ4n) is 2.35. The zero-order chi connectivity index (χ0) is 14.8. The molecule has 0 saturated carbocycles. The minimum absolute atomic E-state index is 0.442. The summed E-state index contributed by atoms with van der Waals surface area (Å²) >= 11 is 0. The Bertz CT molecular complexity index is 866. The number of hydrogen-bond acceptors (Lipinski definition) is 4. The molecule has 21 heavy (non-hydrogen) atoms. The van der Waals surface area contributed by atoms with E-state index in [1.807, 2.05) is 36.4 Å². The van der Waals surface area contributed by atoms with Crippen molar-refractivity contribution < 1.29 is 4.74 Å². The van der Waals surface area contributed by atoms with Gasteiger partial charge in [-0.3, -0.25) is 0 Å². The summed E-state index contributed by atoms with van der Waals surface area (Å²) in [6, 6.07) is 11.4. The van der Waals surface area contributed by atoms with Gasteiger partial charge in [-0.2, -0.15) is 0 Å². The molecule has 0 amide bonds. The third-order valence-electron chi connectivity index (χ3n) is 3.34. The van der Waals surface area contributed by atoms with Gasteiger partial charge in [-0.25, -0.2) is 9.97 Å². The standard InChI is InChI=1S/C17H13N3O/c1-3-11-5-4-6-12(9-11)15-14(21-2)8-7-13-16(15)19-10-20-17(13)18/h1,4-10H,2H3,(H2,18,19,20). The third kappa shape index (κ3) is 2.15. The van der Waals surface area contributed by atoms with Crippen LogP contribution in [0.2, 0.25) is 0 Å². The summed E-state index contributed by atoms with van der Waals surface area (Å²) in [4.78, 5) is 8.38. The summed E-state index contributed by atoms with van der Waals surface area (Å²) in [6.45, 7) is 0. The van der Waals surface area contributed by atoms with Crippen LogP contribution in [-0.4, -0.2) is 17.1 Å². The Morgan fingerprint density at radius 1 is 1.19 bits per heavy atom. The molecular formula is C17H13N3O. The van der Waals surface area contributed by atoms with Crippen LogP contribution in [0.15, 0.2) is 42.7 Å². The Labute approximate surface area is 122 Å². The highest BCUT2D eigenvalue weighted by Gasteiger charge is 2.14. The number of benzene rings is 2. The fraction of sp³-hybridized carbons (Fsp3) is 0.0588. The first kappa shape index (κ1) is 12.9. The summed E-state index contributed by atoms with van der Waals surface area (Å²) in [5.74, 6) is 3.79. The van der Waals surface area contributed by atoms with E-state index in [-0.39, 0.29) is 0 Å². The molecule has 3 rings (SSSR count). The van der Waals surface area contributed by atoms with Crippen LogP contribution in [0.25, 0.3) is 22.0 Å². The molecule has 0 aliphatic rings. The van der Waals surface area contributed by atoms with Gasteiger partial charge in [0.25, 0.3) is 0 Å². The van der Waals surface area contributed by atoms with Crippen LogP contribution in [0, 0.1) is 12.3 Å². The van der Waals surface area contributed by atoms with Gasteiger partial charge in [0.2, 0.25) is 0 Å². The lowest BCUT2D eigenvalue weighted by molar-refractivity contribution is 0.417. The van der Waals surface area contributed by atoms with Crippen LogP contribution in [0.5, 0.6) is 5.75 Å². The first-order valence-corrected chi connectivity index (χ1v) is 6.39. The van der Waals surface area contributed by atoms with Crippen molar-refractivity contribution in [1.82, 2.24) is 9.97 Å². The third-order valence-corrected chi connectivity index (χ3v) is 3.34. The maximum Gasteiger partial charge on any atom is 0.134 e. The molecule has 0 saturated heterocycles. The molecule has 0 bridgehead atoms. The summed E-state index contributed by atoms with van der Waals surface area (Å²) in [7, 11) is 1.63. The molecule has 0 atom stereocenters. The van der Waals surface area contributed by atoms with E-state index in [1.54, 1.807) is 7.11 Å². The van der Waals surface area contributed by atoms with Crippen LogP contribution in [0.4, 0.5) is 5.82 Å². The number of anilines is 1. The molecule has 0 radical (unpaired) electrons. The second-order valence-corrected chi connectivity index (χ2v) is 4.52. The average molecular weight is 275 g/mol. The maximum absolute atomic E-state index is 5.93. The monoisotopic (exact) mass is 275 g/mol. The minimum Gasteiger partial charge on any atom is -0.496 e. The van der Waals surface area contributed by atoms with Crippen LogP contribution in [0.3, 0.4) is 0 Å². The second-order valence-electron chi connectivity index (χ2n) is 4.52. The molecule has 0 aliphatic heterocycles. The Balaban J connectivity index is 2.39. The lowest BCUT2D eigenvalue weighted by atomic mass is 9.99. The van der Waals surface area contributed by atoms with Crippen LogP contribution >= 0.6 is 0 Å². The number of nitrogens with two attached hydrogens (primary N) is 1.